The molecule has 0 fully saturated rings. The average Bonchev–Trinajstić information content (AvgIpc) is 2.75. The highest BCUT2D eigenvalue weighted by molar-refractivity contribution is 7.09. The summed E-state index contributed by atoms with van der Waals surface area (Å²) in [5, 5.41) is 13.7. The smallest absolute Gasteiger partial charge is 0.355 e. The Bertz CT molecular complexity index is 493. The van der Waals surface area contributed by atoms with Crippen LogP contribution in [0.3, 0.4) is 0 Å². The summed E-state index contributed by atoms with van der Waals surface area (Å²) in [4.78, 5) is 28.4. The maximum atomic E-state index is 12.0. The molecule has 2 N–H and O–H groups in total. The number of carbonyl (C=O) groups excluding carboxylic acids is 1. The molecule has 1 unspecified atom stereocenters. The highest BCUT2D eigenvalue weighted by Gasteiger charge is 2.21. The van der Waals surface area contributed by atoms with Crippen molar-refractivity contribution in [2.75, 3.05) is 13.6 Å². The van der Waals surface area contributed by atoms with Gasteiger partial charge in [-0.2, -0.15) is 0 Å². The Balaban J connectivity index is 2.62. The van der Waals surface area contributed by atoms with Crippen LogP contribution in [0.2, 0.25) is 0 Å². The van der Waals surface area contributed by atoms with Gasteiger partial charge < -0.3 is 15.3 Å². The number of thiazole rings is 1. The second-order valence-corrected chi connectivity index (χ2v) is 6.85. The second-order valence-electron chi connectivity index (χ2n) is 5.96. The molecule has 7 heteroatoms. The van der Waals surface area contributed by atoms with Gasteiger partial charge in [-0.05, 0) is 12.3 Å². The molecule has 0 saturated heterocycles. The maximum absolute atomic E-state index is 12.0. The first-order chi connectivity index (χ1) is 9.10. The van der Waals surface area contributed by atoms with Crippen LogP contribution < -0.4 is 5.32 Å². The third-order valence-corrected chi connectivity index (χ3v) is 3.54. The molecular weight excluding hydrogens is 278 g/mol. The van der Waals surface area contributed by atoms with Crippen molar-refractivity contribution in [3.05, 3.63) is 16.1 Å². The van der Waals surface area contributed by atoms with Crippen LogP contribution in [0.1, 0.15) is 49.2 Å². The van der Waals surface area contributed by atoms with Gasteiger partial charge in [0, 0.05) is 19.0 Å². The van der Waals surface area contributed by atoms with Gasteiger partial charge in [0.05, 0.1) is 6.04 Å². The minimum Gasteiger partial charge on any atom is -0.476 e. The molecule has 0 saturated carbocycles. The molecule has 1 atom stereocenters. The lowest BCUT2D eigenvalue weighted by Crippen LogP contribution is -2.42. The highest BCUT2D eigenvalue weighted by atomic mass is 32.1. The van der Waals surface area contributed by atoms with E-state index in [1.54, 1.807) is 18.9 Å². The molecule has 2 amide bonds. The molecule has 1 aromatic rings. The molecule has 0 bridgehead atoms. The summed E-state index contributed by atoms with van der Waals surface area (Å²) in [6.07, 6.45) is 0. The highest BCUT2D eigenvalue weighted by Crippen LogP contribution is 2.19. The SMILES string of the molecule is CC(NC(=O)N(C)CC(C)(C)C)c1nc(C(=O)O)cs1. The summed E-state index contributed by atoms with van der Waals surface area (Å²) in [5.74, 6) is -1.06. The number of hydrogen-bond donors (Lipinski definition) is 2. The van der Waals surface area contributed by atoms with Crippen molar-refractivity contribution in [1.29, 1.82) is 0 Å². The predicted octanol–water partition coefficient (Wildman–Crippen LogP) is 2.59. The zero-order chi connectivity index (χ0) is 15.5. The summed E-state index contributed by atoms with van der Waals surface area (Å²) in [5.41, 5.74) is 0.0293. The zero-order valence-electron chi connectivity index (χ0n) is 12.4. The molecule has 1 heterocycles. The number of urea groups is 1. The van der Waals surface area contributed by atoms with Crippen LogP contribution in [0.5, 0.6) is 0 Å². The van der Waals surface area contributed by atoms with E-state index in [-0.39, 0.29) is 23.2 Å². The summed E-state index contributed by atoms with van der Waals surface area (Å²) in [7, 11) is 1.73. The summed E-state index contributed by atoms with van der Waals surface area (Å²) >= 11 is 1.23. The van der Waals surface area contributed by atoms with Crippen molar-refractivity contribution < 1.29 is 14.7 Å². The van der Waals surface area contributed by atoms with Crippen LogP contribution in [0.15, 0.2) is 5.38 Å². The molecule has 0 aromatic carbocycles. The third-order valence-electron chi connectivity index (χ3n) is 2.51. The van der Waals surface area contributed by atoms with Crippen molar-refractivity contribution >= 4 is 23.3 Å². The molecule has 0 aliphatic carbocycles. The lowest BCUT2D eigenvalue weighted by Gasteiger charge is -2.27. The molecule has 1 aromatic heterocycles. The Morgan fingerprint density at radius 2 is 2.10 bits per heavy atom. The Kier molecular flexibility index (Phi) is 5.10. The average molecular weight is 299 g/mol. The fourth-order valence-electron chi connectivity index (χ4n) is 1.73. The lowest BCUT2D eigenvalue weighted by atomic mass is 9.96. The van der Waals surface area contributed by atoms with Crippen LogP contribution in [0.4, 0.5) is 4.79 Å². The van der Waals surface area contributed by atoms with E-state index in [1.807, 2.05) is 0 Å². The molecular formula is C13H21N3O3S. The number of rotatable bonds is 4. The molecule has 0 spiro atoms. The first kappa shape index (κ1) is 16.4. The largest absolute Gasteiger partial charge is 0.476 e. The Morgan fingerprint density at radius 1 is 1.50 bits per heavy atom. The monoisotopic (exact) mass is 299 g/mol. The Labute approximate surface area is 122 Å². The van der Waals surface area contributed by atoms with Crippen molar-refractivity contribution in [2.24, 2.45) is 5.41 Å². The number of aromatic carboxylic acids is 1. The van der Waals surface area contributed by atoms with Crippen LogP contribution in [-0.4, -0.2) is 40.6 Å². The zero-order valence-corrected chi connectivity index (χ0v) is 13.2. The summed E-state index contributed by atoms with van der Waals surface area (Å²) in [6.45, 7) is 8.58. The van der Waals surface area contributed by atoms with Crippen LogP contribution in [-0.2, 0) is 0 Å². The van der Waals surface area contributed by atoms with Gasteiger partial charge in [0.2, 0.25) is 0 Å². The quantitative estimate of drug-likeness (QED) is 0.895. The minimum absolute atomic E-state index is 0.00847. The number of carboxylic acid groups (broad SMARTS) is 1. The molecule has 0 aliphatic rings. The Hall–Kier alpha value is -1.63. The van der Waals surface area contributed by atoms with E-state index in [1.165, 1.54) is 16.7 Å². The number of amides is 2. The van der Waals surface area contributed by atoms with E-state index >= 15 is 0 Å². The van der Waals surface area contributed by atoms with Crippen LogP contribution in [0, 0.1) is 5.41 Å². The fourth-order valence-corrected chi connectivity index (χ4v) is 2.53. The van der Waals surface area contributed by atoms with Gasteiger partial charge in [-0.25, -0.2) is 14.6 Å². The first-order valence-electron chi connectivity index (χ1n) is 6.30. The predicted molar refractivity (Wildman–Crippen MR) is 78.1 cm³/mol. The van der Waals surface area contributed by atoms with Gasteiger partial charge in [-0.15, -0.1) is 11.3 Å². The van der Waals surface area contributed by atoms with Gasteiger partial charge in [-0.3, -0.25) is 0 Å². The minimum atomic E-state index is -1.06. The number of carboxylic acids is 1. The van der Waals surface area contributed by atoms with E-state index in [4.69, 9.17) is 5.11 Å². The van der Waals surface area contributed by atoms with E-state index in [2.05, 4.69) is 31.1 Å². The van der Waals surface area contributed by atoms with E-state index in [0.717, 1.165) is 0 Å². The van der Waals surface area contributed by atoms with Gasteiger partial charge >= 0.3 is 12.0 Å². The van der Waals surface area contributed by atoms with Gasteiger partial charge in [0.15, 0.2) is 5.69 Å². The normalized spacial score (nSPS) is 12.8. The number of nitrogens with one attached hydrogen (secondary N) is 1. The lowest BCUT2D eigenvalue weighted by molar-refractivity contribution is 0.0691. The summed E-state index contributed by atoms with van der Waals surface area (Å²) < 4.78 is 0. The standard InChI is InChI=1S/C13H21N3O3S/c1-8(10-15-9(6-20-10)11(17)18)14-12(19)16(5)7-13(2,3)4/h6,8H,7H2,1-5H3,(H,14,19)(H,17,18). The number of hydrogen-bond acceptors (Lipinski definition) is 4. The van der Waals surface area contributed by atoms with Crippen LogP contribution >= 0.6 is 11.3 Å². The fraction of sp³-hybridized carbons (Fsp3) is 0.615. The van der Waals surface area contributed by atoms with Gasteiger partial charge in [0.25, 0.3) is 0 Å². The van der Waals surface area contributed by atoms with E-state index in [0.29, 0.717) is 11.6 Å². The van der Waals surface area contributed by atoms with Crippen molar-refractivity contribution in [3.8, 4) is 0 Å². The molecule has 6 nitrogen and oxygen atoms in total. The molecule has 0 aliphatic heterocycles. The van der Waals surface area contributed by atoms with Crippen LogP contribution in [0.25, 0.3) is 0 Å². The van der Waals surface area contributed by atoms with Crippen molar-refractivity contribution in [2.45, 2.75) is 33.7 Å². The van der Waals surface area contributed by atoms with E-state index in [9.17, 15) is 9.59 Å². The molecule has 0 radical (unpaired) electrons. The first-order valence-corrected chi connectivity index (χ1v) is 7.18. The van der Waals surface area contributed by atoms with Gasteiger partial charge in [-0.1, -0.05) is 20.8 Å². The summed E-state index contributed by atoms with van der Waals surface area (Å²) in [6, 6.07) is -0.512. The van der Waals surface area contributed by atoms with Crippen molar-refractivity contribution in [1.82, 2.24) is 15.2 Å². The number of carbonyl (C=O) groups is 2. The maximum Gasteiger partial charge on any atom is 0.355 e. The van der Waals surface area contributed by atoms with E-state index < -0.39 is 5.97 Å². The third kappa shape index (κ3) is 4.80. The Morgan fingerprint density at radius 3 is 2.55 bits per heavy atom. The second kappa shape index (κ2) is 6.21. The van der Waals surface area contributed by atoms with Gasteiger partial charge in [0.1, 0.15) is 5.01 Å². The number of aromatic nitrogens is 1. The topological polar surface area (TPSA) is 82.5 Å². The number of nitrogens with zero attached hydrogens (tertiary/aromatic N) is 2. The van der Waals surface area contributed by atoms with Crippen molar-refractivity contribution in [3.63, 3.8) is 0 Å². The molecule has 112 valence electrons. The molecule has 20 heavy (non-hydrogen) atoms. The molecule has 1 rings (SSSR count).